The molecule has 0 spiro atoms. The molecule has 98 valence electrons. The first-order chi connectivity index (χ1) is 8.44. The fourth-order valence-corrected chi connectivity index (χ4v) is 2.42. The zero-order valence-electron chi connectivity index (χ0n) is 10.8. The van der Waals surface area contributed by atoms with Crippen LogP contribution in [0.3, 0.4) is 0 Å². The number of nitrogens with zero attached hydrogens (tertiary/aromatic N) is 3. The number of likely N-dealkylation sites (N-methyl/N-ethyl adjacent to an activating group) is 1. The number of aromatic nitrogens is 2. The van der Waals surface area contributed by atoms with Crippen LogP contribution in [0.4, 0.5) is 0 Å². The minimum absolute atomic E-state index is 0.530. The summed E-state index contributed by atoms with van der Waals surface area (Å²) < 4.78 is 5.20. The molecule has 0 unspecified atom stereocenters. The first-order valence-electron chi connectivity index (χ1n) is 5.71. The van der Waals surface area contributed by atoms with Gasteiger partial charge in [0, 0.05) is 6.54 Å². The van der Waals surface area contributed by atoms with E-state index in [1.807, 2.05) is 29.5 Å². The van der Waals surface area contributed by atoms with Gasteiger partial charge in [-0.2, -0.15) is 4.98 Å². The third-order valence-corrected chi connectivity index (χ3v) is 3.14. The van der Waals surface area contributed by atoms with E-state index in [-0.39, 0.29) is 0 Å². The SMILES string of the molecule is CN(Cc1nc(-c2cccs2)no1)CC(C)(C)O. The Hall–Kier alpha value is -1.24. The maximum Gasteiger partial charge on any atom is 0.241 e. The van der Waals surface area contributed by atoms with Gasteiger partial charge in [-0.05, 0) is 32.3 Å². The van der Waals surface area contributed by atoms with Crippen LogP contribution >= 0.6 is 11.3 Å². The van der Waals surface area contributed by atoms with Crippen molar-refractivity contribution in [3.05, 3.63) is 23.4 Å². The van der Waals surface area contributed by atoms with Crippen molar-refractivity contribution in [3.8, 4) is 10.7 Å². The average Bonchev–Trinajstić information content (AvgIpc) is 2.82. The fraction of sp³-hybridized carbons (Fsp3) is 0.500. The van der Waals surface area contributed by atoms with E-state index in [2.05, 4.69) is 10.1 Å². The molecule has 0 aliphatic carbocycles. The Labute approximate surface area is 110 Å². The van der Waals surface area contributed by atoms with Crippen LogP contribution in [0.15, 0.2) is 22.0 Å². The summed E-state index contributed by atoms with van der Waals surface area (Å²) >= 11 is 1.58. The number of hydrogen-bond acceptors (Lipinski definition) is 6. The fourth-order valence-electron chi connectivity index (χ4n) is 1.77. The van der Waals surface area contributed by atoms with E-state index < -0.39 is 5.60 Å². The minimum atomic E-state index is -0.731. The van der Waals surface area contributed by atoms with Crippen molar-refractivity contribution in [2.75, 3.05) is 13.6 Å². The zero-order chi connectivity index (χ0) is 13.2. The summed E-state index contributed by atoms with van der Waals surface area (Å²) in [5.74, 6) is 1.18. The van der Waals surface area contributed by atoms with E-state index in [4.69, 9.17) is 4.52 Å². The quantitative estimate of drug-likeness (QED) is 0.897. The summed E-state index contributed by atoms with van der Waals surface area (Å²) in [7, 11) is 1.91. The molecule has 0 amide bonds. The van der Waals surface area contributed by atoms with Crippen molar-refractivity contribution in [1.82, 2.24) is 15.0 Å². The summed E-state index contributed by atoms with van der Waals surface area (Å²) in [6, 6.07) is 3.91. The Bertz CT molecular complexity index is 488. The molecule has 18 heavy (non-hydrogen) atoms. The number of rotatable bonds is 5. The van der Waals surface area contributed by atoms with E-state index in [1.165, 1.54) is 0 Å². The number of aliphatic hydroxyl groups is 1. The van der Waals surface area contributed by atoms with Crippen molar-refractivity contribution in [2.45, 2.75) is 26.0 Å². The van der Waals surface area contributed by atoms with Crippen LogP contribution in [-0.4, -0.2) is 39.3 Å². The van der Waals surface area contributed by atoms with Gasteiger partial charge in [-0.25, -0.2) is 0 Å². The van der Waals surface area contributed by atoms with Crippen molar-refractivity contribution in [3.63, 3.8) is 0 Å². The Morgan fingerprint density at radius 2 is 2.28 bits per heavy atom. The van der Waals surface area contributed by atoms with Crippen LogP contribution in [0, 0.1) is 0 Å². The van der Waals surface area contributed by atoms with E-state index >= 15 is 0 Å². The highest BCUT2D eigenvalue weighted by Crippen LogP contribution is 2.21. The second-order valence-electron chi connectivity index (χ2n) is 4.97. The van der Waals surface area contributed by atoms with Crippen LogP contribution in [0.5, 0.6) is 0 Å². The molecule has 0 aromatic carbocycles. The second-order valence-corrected chi connectivity index (χ2v) is 5.92. The molecule has 6 heteroatoms. The molecule has 0 saturated heterocycles. The summed E-state index contributed by atoms with van der Waals surface area (Å²) in [4.78, 5) is 7.28. The lowest BCUT2D eigenvalue weighted by atomic mass is 10.1. The van der Waals surface area contributed by atoms with E-state index in [0.717, 1.165) is 4.88 Å². The highest BCUT2D eigenvalue weighted by molar-refractivity contribution is 7.13. The molecular weight excluding hydrogens is 250 g/mol. The molecule has 0 aliphatic rings. The lowest BCUT2D eigenvalue weighted by Gasteiger charge is -2.23. The molecule has 1 N–H and O–H groups in total. The molecule has 0 saturated carbocycles. The lowest BCUT2D eigenvalue weighted by molar-refractivity contribution is 0.0397. The number of thiophene rings is 1. The van der Waals surface area contributed by atoms with Gasteiger partial charge in [-0.15, -0.1) is 11.3 Å². The van der Waals surface area contributed by atoms with Gasteiger partial charge in [0.1, 0.15) is 0 Å². The van der Waals surface area contributed by atoms with Gasteiger partial charge in [0.05, 0.1) is 17.0 Å². The molecule has 0 fully saturated rings. The standard InChI is InChI=1S/C12H17N3O2S/c1-12(2,16)8-15(3)7-10-13-11(14-17-10)9-5-4-6-18-9/h4-6,16H,7-8H2,1-3H3. The first kappa shape index (κ1) is 13.2. The predicted molar refractivity (Wildman–Crippen MR) is 70.2 cm³/mol. The molecule has 2 aromatic heterocycles. The summed E-state index contributed by atoms with van der Waals surface area (Å²) in [6.45, 7) is 4.62. The van der Waals surface area contributed by atoms with Crippen LogP contribution < -0.4 is 0 Å². The van der Waals surface area contributed by atoms with Crippen molar-refractivity contribution >= 4 is 11.3 Å². The van der Waals surface area contributed by atoms with E-state index in [9.17, 15) is 5.11 Å². The molecule has 0 atom stereocenters. The highest BCUT2D eigenvalue weighted by atomic mass is 32.1. The average molecular weight is 267 g/mol. The van der Waals surface area contributed by atoms with Gasteiger partial charge < -0.3 is 9.63 Å². The van der Waals surface area contributed by atoms with Crippen molar-refractivity contribution in [2.24, 2.45) is 0 Å². The van der Waals surface area contributed by atoms with Gasteiger partial charge >= 0.3 is 0 Å². The highest BCUT2D eigenvalue weighted by Gasteiger charge is 2.18. The molecule has 0 bridgehead atoms. The van der Waals surface area contributed by atoms with Crippen LogP contribution in [0.2, 0.25) is 0 Å². The van der Waals surface area contributed by atoms with Crippen LogP contribution in [-0.2, 0) is 6.54 Å². The van der Waals surface area contributed by atoms with Gasteiger partial charge in [-0.1, -0.05) is 11.2 Å². The Balaban J connectivity index is 1.99. The topological polar surface area (TPSA) is 62.4 Å². The first-order valence-corrected chi connectivity index (χ1v) is 6.59. The molecule has 2 aromatic rings. The largest absolute Gasteiger partial charge is 0.389 e. The summed E-state index contributed by atoms with van der Waals surface area (Å²) in [5, 5.41) is 15.6. The number of hydrogen-bond donors (Lipinski definition) is 1. The summed E-state index contributed by atoms with van der Waals surface area (Å²) in [5.41, 5.74) is -0.731. The maximum absolute atomic E-state index is 9.71. The van der Waals surface area contributed by atoms with Gasteiger partial charge in [0.2, 0.25) is 11.7 Å². The van der Waals surface area contributed by atoms with Gasteiger partial charge in [0.25, 0.3) is 0 Å². The maximum atomic E-state index is 9.71. The monoisotopic (exact) mass is 267 g/mol. The van der Waals surface area contributed by atoms with E-state index in [1.54, 1.807) is 25.2 Å². The molecule has 2 rings (SSSR count). The summed E-state index contributed by atoms with van der Waals surface area (Å²) in [6.07, 6.45) is 0. The molecule has 0 radical (unpaired) electrons. The van der Waals surface area contributed by atoms with Crippen LogP contribution in [0.25, 0.3) is 10.7 Å². The molecule has 2 heterocycles. The van der Waals surface area contributed by atoms with Gasteiger partial charge in [0.15, 0.2) is 0 Å². The smallest absolute Gasteiger partial charge is 0.241 e. The second kappa shape index (κ2) is 5.17. The Kier molecular flexibility index (Phi) is 3.79. The Morgan fingerprint density at radius 1 is 1.50 bits per heavy atom. The normalized spacial score (nSPS) is 12.3. The van der Waals surface area contributed by atoms with Gasteiger partial charge in [-0.3, -0.25) is 4.90 Å². The Morgan fingerprint density at radius 3 is 2.89 bits per heavy atom. The molecule has 0 aliphatic heterocycles. The zero-order valence-corrected chi connectivity index (χ0v) is 11.6. The van der Waals surface area contributed by atoms with Crippen LogP contribution in [0.1, 0.15) is 19.7 Å². The minimum Gasteiger partial charge on any atom is -0.389 e. The lowest BCUT2D eigenvalue weighted by Crippen LogP contribution is -2.35. The van der Waals surface area contributed by atoms with Crippen molar-refractivity contribution < 1.29 is 9.63 Å². The third kappa shape index (κ3) is 3.63. The molecule has 5 nitrogen and oxygen atoms in total. The van der Waals surface area contributed by atoms with E-state index in [0.29, 0.717) is 24.8 Å². The predicted octanol–water partition coefficient (Wildman–Crippen LogP) is 2.00. The third-order valence-electron chi connectivity index (χ3n) is 2.27. The van der Waals surface area contributed by atoms with Crippen molar-refractivity contribution in [1.29, 1.82) is 0 Å². The molecular formula is C12H17N3O2S.